The van der Waals surface area contributed by atoms with E-state index in [9.17, 15) is 24.0 Å². The molecule has 2 atom stereocenters. The van der Waals surface area contributed by atoms with E-state index in [-0.39, 0.29) is 48.7 Å². The van der Waals surface area contributed by atoms with Crippen molar-refractivity contribution in [3.63, 3.8) is 0 Å². The molecule has 0 saturated carbocycles. The molecule has 3 aliphatic rings. The molecule has 2 saturated heterocycles. The summed E-state index contributed by atoms with van der Waals surface area (Å²) in [4.78, 5) is 68.8. The molecule has 3 aliphatic heterocycles. The maximum atomic E-state index is 13.1. The first-order valence-electron chi connectivity index (χ1n) is 11.1. The van der Waals surface area contributed by atoms with Gasteiger partial charge in [-0.25, -0.2) is 0 Å². The molecular weight excluding hydrogens is 438 g/mol. The molecule has 0 aliphatic carbocycles. The maximum Gasteiger partial charge on any atom is 0.267 e. The summed E-state index contributed by atoms with van der Waals surface area (Å²) >= 11 is 0. The number of fused-ring (bicyclic) bond motifs is 1. The van der Waals surface area contributed by atoms with Gasteiger partial charge in [-0.1, -0.05) is 12.1 Å². The number of carbonyl (C=O) groups excluding carboxylic acids is 5. The van der Waals surface area contributed by atoms with Crippen LogP contribution in [0.15, 0.2) is 36.5 Å². The Hall–Kier alpha value is -4.08. The minimum Gasteiger partial charge on any atom is -0.364 e. The van der Waals surface area contributed by atoms with E-state index in [1.807, 2.05) is 0 Å². The number of aromatic nitrogens is 1. The van der Waals surface area contributed by atoms with Crippen LogP contribution in [0.5, 0.6) is 0 Å². The highest BCUT2D eigenvalue weighted by atomic mass is 16.2. The topological polar surface area (TPSA) is 143 Å². The lowest BCUT2D eigenvalue weighted by atomic mass is 9.97. The minimum absolute atomic E-state index is 0.0472. The first kappa shape index (κ1) is 21.7. The fourth-order valence-electron chi connectivity index (χ4n) is 5.11. The van der Waals surface area contributed by atoms with Crippen molar-refractivity contribution in [2.45, 2.75) is 38.3 Å². The van der Waals surface area contributed by atoms with Gasteiger partial charge >= 0.3 is 0 Å². The number of rotatable bonds is 5. The molecule has 2 unspecified atom stereocenters. The second kappa shape index (κ2) is 8.36. The number of imide groups is 1. The van der Waals surface area contributed by atoms with Gasteiger partial charge in [-0.15, -0.1) is 0 Å². The summed E-state index contributed by atoms with van der Waals surface area (Å²) in [6, 6.07) is 8.03. The van der Waals surface area contributed by atoms with E-state index in [1.165, 1.54) is 11.1 Å². The van der Waals surface area contributed by atoms with Crippen LogP contribution in [-0.4, -0.2) is 52.0 Å². The van der Waals surface area contributed by atoms with Crippen LogP contribution in [0.2, 0.25) is 0 Å². The summed E-state index contributed by atoms with van der Waals surface area (Å²) in [5.41, 5.74) is 8.15. The highest BCUT2D eigenvalue weighted by Gasteiger charge is 2.41. The Morgan fingerprint density at radius 1 is 1.15 bits per heavy atom. The molecule has 0 spiro atoms. The molecule has 1 aromatic heterocycles. The van der Waals surface area contributed by atoms with E-state index in [0.29, 0.717) is 41.8 Å². The van der Waals surface area contributed by atoms with Crippen molar-refractivity contribution in [3.05, 3.63) is 58.9 Å². The number of anilines is 1. The number of amides is 5. The molecule has 5 rings (SSSR count). The highest BCUT2D eigenvalue weighted by Crippen LogP contribution is 2.37. The van der Waals surface area contributed by atoms with Gasteiger partial charge in [0.2, 0.25) is 17.7 Å². The van der Waals surface area contributed by atoms with Crippen molar-refractivity contribution in [3.8, 4) is 0 Å². The number of nitrogens with two attached hydrogens (primary N) is 1. The van der Waals surface area contributed by atoms with Gasteiger partial charge in [0.1, 0.15) is 11.7 Å². The monoisotopic (exact) mass is 461 g/mol. The van der Waals surface area contributed by atoms with Crippen LogP contribution >= 0.6 is 0 Å². The number of hydrogen-bond acceptors (Lipinski definition) is 6. The Bertz CT molecular complexity index is 1240. The second-order valence-electron chi connectivity index (χ2n) is 8.86. The summed E-state index contributed by atoms with van der Waals surface area (Å²) in [5.74, 6) is -1.82. The van der Waals surface area contributed by atoms with Gasteiger partial charge in [0, 0.05) is 48.9 Å². The number of pyridine rings is 1. The molecule has 10 heteroatoms. The summed E-state index contributed by atoms with van der Waals surface area (Å²) in [6.45, 7) is 0.620. The number of carbonyl (C=O) groups is 5. The Labute approximate surface area is 195 Å². The zero-order chi connectivity index (χ0) is 24.0. The summed E-state index contributed by atoms with van der Waals surface area (Å²) < 4.78 is 0. The zero-order valence-electron chi connectivity index (χ0n) is 18.3. The summed E-state index contributed by atoms with van der Waals surface area (Å²) in [5, 5.41) is 2.30. The average molecular weight is 461 g/mol. The van der Waals surface area contributed by atoms with Crippen molar-refractivity contribution >= 4 is 35.2 Å². The summed E-state index contributed by atoms with van der Waals surface area (Å²) in [6.07, 6.45) is 2.73. The number of hydrogen-bond donors (Lipinski definition) is 2. The quantitative estimate of drug-likeness (QED) is 0.622. The Morgan fingerprint density at radius 2 is 1.97 bits per heavy atom. The van der Waals surface area contributed by atoms with Crippen LogP contribution in [0.1, 0.15) is 51.2 Å². The largest absolute Gasteiger partial charge is 0.364 e. The van der Waals surface area contributed by atoms with E-state index >= 15 is 0 Å². The second-order valence-corrected chi connectivity index (χ2v) is 8.86. The van der Waals surface area contributed by atoms with Crippen molar-refractivity contribution < 1.29 is 24.0 Å². The highest BCUT2D eigenvalue weighted by molar-refractivity contribution is 6.07. The Balaban J connectivity index is 1.37. The molecular formula is C24H23N5O5. The van der Waals surface area contributed by atoms with Crippen molar-refractivity contribution in [1.82, 2.24) is 15.2 Å². The Morgan fingerprint density at radius 3 is 2.74 bits per heavy atom. The molecule has 0 bridgehead atoms. The first-order chi connectivity index (χ1) is 16.3. The molecule has 174 valence electrons. The molecule has 34 heavy (non-hydrogen) atoms. The van der Waals surface area contributed by atoms with Gasteiger partial charge < -0.3 is 15.5 Å². The molecule has 10 nitrogen and oxygen atoms in total. The van der Waals surface area contributed by atoms with Crippen molar-refractivity contribution in [2.75, 3.05) is 11.4 Å². The van der Waals surface area contributed by atoms with Crippen LogP contribution in [0.25, 0.3) is 0 Å². The van der Waals surface area contributed by atoms with Gasteiger partial charge in [0.15, 0.2) is 0 Å². The van der Waals surface area contributed by atoms with Crippen molar-refractivity contribution in [2.24, 2.45) is 11.7 Å². The fourth-order valence-corrected chi connectivity index (χ4v) is 5.11. The van der Waals surface area contributed by atoms with Crippen LogP contribution in [0.3, 0.4) is 0 Å². The van der Waals surface area contributed by atoms with E-state index in [1.54, 1.807) is 35.2 Å². The third-order valence-corrected chi connectivity index (χ3v) is 6.69. The molecule has 2 aromatic rings. The zero-order valence-corrected chi connectivity index (χ0v) is 18.3. The van der Waals surface area contributed by atoms with E-state index < -0.39 is 17.9 Å². The van der Waals surface area contributed by atoms with Crippen LogP contribution in [-0.2, 0) is 27.3 Å². The smallest absolute Gasteiger partial charge is 0.267 e. The molecule has 1 aromatic carbocycles. The molecule has 4 heterocycles. The minimum atomic E-state index is -0.717. The van der Waals surface area contributed by atoms with E-state index in [4.69, 9.17) is 5.73 Å². The predicted octanol–water partition coefficient (Wildman–Crippen LogP) is 0.537. The van der Waals surface area contributed by atoms with Crippen LogP contribution in [0, 0.1) is 5.92 Å². The maximum absolute atomic E-state index is 13.1. The molecule has 0 radical (unpaired) electrons. The average Bonchev–Trinajstić information content (AvgIpc) is 3.33. The first-order valence-corrected chi connectivity index (χ1v) is 11.1. The lowest BCUT2D eigenvalue weighted by molar-refractivity contribution is -0.137. The Kier molecular flexibility index (Phi) is 5.35. The van der Waals surface area contributed by atoms with Crippen molar-refractivity contribution in [1.29, 1.82) is 0 Å². The normalized spacial score (nSPS) is 22.2. The van der Waals surface area contributed by atoms with Gasteiger partial charge in [-0.2, -0.15) is 0 Å². The SMILES string of the molecule is NC(=O)c1ncccc1CC1CC(=O)N(c2cccc3c2CN(C2CCC(=O)NC2=O)C3=O)C1. The van der Waals surface area contributed by atoms with Crippen LogP contribution in [0.4, 0.5) is 5.69 Å². The molecule has 3 N–H and O–H groups in total. The summed E-state index contributed by atoms with van der Waals surface area (Å²) in [7, 11) is 0. The molecule has 5 amide bonds. The number of piperidine rings is 1. The molecule has 2 fully saturated rings. The number of primary amides is 1. The standard InChI is InChI=1S/C24H23N5O5/c25-22(32)21-14(3-2-8-26-21)9-13-10-20(31)28(11-13)17-5-1-4-15-16(17)12-29(24(15)34)18-6-7-19(30)27-23(18)33/h1-5,8,13,18H,6-7,9-12H2,(H2,25,32)(H,27,30,33). The van der Waals surface area contributed by atoms with Gasteiger partial charge in [-0.05, 0) is 42.5 Å². The predicted molar refractivity (Wildman–Crippen MR) is 119 cm³/mol. The van der Waals surface area contributed by atoms with Gasteiger partial charge in [0.25, 0.3) is 11.8 Å². The van der Waals surface area contributed by atoms with E-state index in [0.717, 1.165) is 0 Å². The fraction of sp³-hybridized carbons (Fsp3) is 0.333. The van der Waals surface area contributed by atoms with Crippen LogP contribution < -0.4 is 16.0 Å². The number of nitrogens with zero attached hydrogens (tertiary/aromatic N) is 3. The third-order valence-electron chi connectivity index (χ3n) is 6.69. The van der Waals surface area contributed by atoms with E-state index in [2.05, 4.69) is 10.3 Å². The van der Waals surface area contributed by atoms with Gasteiger partial charge in [0.05, 0.1) is 0 Å². The third kappa shape index (κ3) is 3.70. The van der Waals surface area contributed by atoms with Gasteiger partial charge in [-0.3, -0.25) is 34.3 Å². The number of nitrogens with one attached hydrogen (secondary N) is 1. The number of benzene rings is 1. The lowest BCUT2D eigenvalue weighted by Gasteiger charge is -2.29. The lowest BCUT2D eigenvalue weighted by Crippen LogP contribution is -2.52.